The molecule has 1 N–H and O–H groups in total. The maximum atomic E-state index is 4.17. The fourth-order valence-corrected chi connectivity index (χ4v) is 2.26. The van der Waals surface area contributed by atoms with E-state index in [0.717, 1.165) is 13.0 Å². The summed E-state index contributed by atoms with van der Waals surface area (Å²) >= 11 is 0. The van der Waals surface area contributed by atoms with Gasteiger partial charge >= 0.3 is 0 Å². The summed E-state index contributed by atoms with van der Waals surface area (Å²) < 4.78 is 0. The van der Waals surface area contributed by atoms with Crippen molar-refractivity contribution in [1.82, 2.24) is 10.3 Å². The van der Waals surface area contributed by atoms with Gasteiger partial charge in [-0.05, 0) is 42.6 Å². The second-order valence-electron chi connectivity index (χ2n) is 4.53. The van der Waals surface area contributed by atoms with E-state index < -0.39 is 0 Å². The first-order valence-corrected chi connectivity index (χ1v) is 6.49. The van der Waals surface area contributed by atoms with Crippen LogP contribution in [0.15, 0.2) is 48.8 Å². The van der Waals surface area contributed by atoms with E-state index in [1.54, 1.807) is 0 Å². The van der Waals surface area contributed by atoms with E-state index in [9.17, 15) is 0 Å². The Morgan fingerprint density at radius 1 is 1.17 bits per heavy atom. The molecule has 0 fully saturated rings. The number of nitrogens with zero attached hydrogens (tertiary/aromatic N) is 1. The first-order chi connectivity index (χ1) is 8.81. The Labute approximate surface area is 109 Å². The van der Waals surface area contributed by atoms with Crippen molar-refractivity contribution in [3.05, 3.63) is 65.5 Å². The van der Waals surface area contributed by atoms with Crippen LogP contribution in [-0.2, 0) is 6.42 Å². The minimum absolute atomic E-state index is 0.361. The molecule has 0 saturated carbocycles. The average Bonchev–Trinajstić information content (AvgIpc) is 2.40. The van der Waals surface area contributed by atoms with E-state index in [1.807, 2.05) is 12.4 Å². The number of benzene rings is 1. The first kappa shape index (κ1) is 12.8. The topological polar surface area (TPSA) is 24.9 Å². The lowest BCUT2D eigenvalue weighted by Gasteiger charge is -2.20. The van der Waals surface area contributed by atoms with Gasteiger partial charge in [-0.1, -0.05) is 37.3 Å². The number of rotatable bonds is 5. The van der Waals surface area contributed by atoms with E-state index in [2.05, 4.69) is 60.5 Å². The number of aryl methyl sites for hydroxylation is 1. The zero-order chi connectivity index (χ0) is 12.8. The number of aromatic nitrogens is 1. The van der Waals surface area contributed by atoms with Gasteiger partial charge in [0.15, 0.2) is 0 Å². The molecule has 2 heteroatoms. The highest BCUT2D eigenvalue weighted by atomic mass is 14.9. The Morgan fingerprint density at radius 3 is 2.61 bits per heavy atom. The number of hydrogen-bond acceptors (Lipinski definition) is 2. The monoisotopic (exact) mass is 240 g/mol. The lowest BCUT2D eigenvalue weighted by molar-refractivity contribution is 0.547. The summed E-state index contributed by atoms with van der Waals surface area (Å²) in [4.78, 5) is 4.17. The highest BCUT2D eigenvalue weighted by molar-refractivity contribution is 5.28. The molecular weight excluding hydrogens is 220 g/mol. The van der Waals surface area contributed by atoms with Crippen molar-refractivity contribution in [1.29, 1.82) is 0 Å². The molecule has 0 radical (unpaired) electrons. The SMILES string of the molecule is CCNC(Cc1ccccc1)c1ccncc1C. The molecule has 0 spiro atoms. The summed E-state index contributed by atoms with van der Waals surface area (Å²) in [7, 11) is 0. The average molecular weight is 240 g/mol. The van der Waals surface area contributed by atoms with Crippen LogP contribution in [0.5, 0.6) is 0 Å². The van der Waals surface area contributed by atoms with Gasteiger partial charge in [0.2, 0.25) is 0 Å². The van der Waals surface area contributed by atoms with Crippen molar-refractivity contribution in [2.24, 2.45) is 0 Å². The van der Waals surface area contributed by atoms with Gasteiger partial charge in [0.1, 0.15) is 0 Å². The van der Waals surface area contributed by atoms with Crippen LogP contribution in [0.1, 0.15) is 29.7 Å². The maximum Gasteiger partial charge on any atom is 0.0364 e. The number of likely N-dealkylation sites (N-methyl/N-ethyl adjacent to an activating group) is 1. The third-order valence-corrected chi connectivity index (χ3v) is 3.17. The van der Waals surface area contributed by atoms with Crippen LogP contribution < -0.4 is 5.32 Å². The van der Waals surface area contributed by atoms with Gasteiger partial charge in [-0.3, -0.25) is 4.98 Å². The Bertz CT molecular complexity index is 479. The fraction of sp³-hybridized carbons (Fsp3) is 0.312. The zero-order valence-corrected chi connectivity index (χ0v) is 11.1. The summed E-state index contributed by atoms with van der Waals surface area (Å²) in [5.74, 6) is 0. The van der Waals surface area contributed by atoms with Crippen molar-refractivity contribution >= 4 is 0 Å². The van der Waals surface area contributed by atoms with Gasteiger partial charge in [-0.25, -0.2) is 0 Å². The number of nitrogens with one attached hydrogen (secondary N) is 1. The number of pyridine rings is 1. The van der Waals surface area contributed by atoms with Gasteiger partial charge in [0.05, 0.1) is 0 Å². The third kappa shape index (κ3) is 3.17. The van der Waals surface area contributed by atoms with Crippen LogP contribution in [-0.4, -0.2) is 11.5 Å². The van der Waals surface area contributed by atoms with Gasteiger partial charge in [-0.15, -0.1) is 0 Å². The normalized spacial score (nSPS) is 12.3. The highest BCUT2D eigenvalue weighted by Crippen LogP contribution is 2.20. The molecule has 2 nitrogen and oxygen atoms in total. The quantitative estimate of drug-likeness (QED) is 0.867. The van der Waals surface area contributed by atoms with Crippen molar-refractivity contribution in [3.8, 4) is 0 Å². The second-order valence-corrected chi connectivity index (χ2v) is 4.53. The third-order valence-electron chi connectivity index (χ3n) is 3.17. The van der Waals surface area contributed by atoms with Crippen molar-refractivity contribution < 1.29 is 0 Å². The van der Waals surface area contributed by atoms with Crippen LogP contribution in [0.3, 0.4) is 0 Å². The van der Waals surface area contributed by atoms with E-state index in [0.29, 0.717) is 6.04 Å². The molecule has 1 aromatic carbocycles. The van der Waals surface area contributed by atoms with Crippen LogP contribution >= 0.6 is 0 Å². The molecule has 0 amide bonds. The smallest absolute Gasteiger partial charge is 0.0364 e. The molecule has 0 saturated heterocycles. The molecule has 0 bridgehead atoms. The molecule has 0 aliphatic rings. The summed E-state index contributed by atoms with van der Waals surface area (Å²) in [5.41, 5.74) is 3.95. The molecule has 2 aromatic rings. The molecular formula is C16H20N2. The van der Waals surface area contributed by atoms with Crippen LogP contribution in [0.4, 0.5) is 0 Å². The fourth-order valence-electron chi connectivity index (χ4n) is 2.26. The minimum Gasteiger partial charge on any atom is -0.310 e. The van der Waals surface area contributed by atoms with E-state index in [4.69, 9.17) is 0 Å². The van der Waals surface area contributed by atoms with Crippen LogP contribution in [0.2, 0.25) is 0 Å². The largest absolute Gasteiger partial charge is 0.310 e. The summed E-state index contributed by atoms with van der Waals surface area (Å²) in [5, 5.41) is 3.56. The lowest BCUT2D eigenvalue weighted by atomic mass is 9.97. The molecule has 0 aliphatic heterocycles. The molecule has 2 rings (SSSR count). The van der Waals surface area contributed by atoms with Gasteiger partial charge in [-0.2, -0.15) is 0 Å². The molecule has 1 heterocycles. The summed E-state index contributed by atoms with van der Waals surface area (Å²) in [6.07, 6.45) is 4.82. The molecule has 1 unspecified atom stereocenters. The Morgan fingerprint density at radius 2 is 1.94 bits per heavy atom. The van der Waals surface area contributed by atoms with Crippen LogP contribution in [0.25, 0.3) is 0 Å². The first-order valence-electron chi connectivity index (χ1n) is 6.49. The van der Waals surface area contributed by atoms with E-state index in [-0.39, 0.29) is 0 Å². The standard InChI is InChI=1S/C16H20N2/c1-3-18-16(11-14-7-5-4-6-8-14)15-9-10-17-12-13(15)2/h4-10,12,16,18H,3,11H2,1-2H3. The van der Waals surface area contributed by atoms with Gasteiger partial charge in [0.25, 0.3) is 0 Å². The predicted molar refractivity (Wildman–Crippen MR) is 75.5 cm³/mol. The van der Waals surface area contributed by atoms with Crippen molar-refractivity contribution in [3.63, 3.8) is 0 Å². The highest BCUT2D eigenvalue weighted by Gasteiger charge is 2.12. The van der Waals surface area contributed by atoms with Gasteiger partial charge in [0, 0.05) is 18.4 Å². The maximum absolute atomic E-state index is 4.17. The van der Waals surface area contributed by atoms with E-state index in [1.165, 1.54) is 16.7 Å². The molecule has 0 aliphatic carbocycles. The Hall–Kier alpha value is -1.67. The Kier molecular flexibility index (Phi) is 4.48. The predicted octanol–water partition coefficient (Wildman–Crippen LogP) is 3.28. The Balaban J connectivity index is 2.21. The zero-order valence-electron chi connectivity index (χ0n) is 11.1. The van der Waals surface area contributed by atoms with Crippen molar-refractivity contribution in [2.75, 3.05) is 6.54 Å². The molecule has 94 valence electrons. The molecule has 1 atom stereocenters. The van der Waals surface area contributed by atoms with E-state index >= 15 is 0 Å². The van der Waals surface area contributed by atoms with Crippen molar-refractivity contribution in [2.45, 2.75) is 26.3 Å². The molecule has 1 aromatic heterocycles. The molecule has 18 heavy (non-hydrogen) atoms. The lowest BCUT2D eigenvalue weighted by Crippen LogP contribution is -2.23. The second kappa shape index (κ2) is 6.31. The van der Waals surface area contributed by atoms with Crippen LogP contribution in [0, 0.1) is 6.92 Å². The number of hydrogen-bond donors (Lipinski definition) is 1. The minimum atomic E-state index is 0.361. The summed E-state index contributed by atoms with van der Waals surface area (Å²) in [6, 6.07) is 13.1. The summed E-state index contributed by atoms with van der Waals surface area (Å²) in [6.45, 7) is 5.24. The van der Waals surface area contributed by atoms with Gasteiger partial charge < -0.3 is 5.32 Å².